The van der Waals surface area contributed by atoms with Gasteiger partial charge in [-0.1, -0.05) is 168 Å². The predicted octanol–water partition coefficient (Wildman–Crippen LogP) is 16.6. The van der Waals surface area contributed by atoms with Crippen LogP contribution in [0.2, 0.25) is 0 Å². The van der Waals surface area contributed by atoms with E-state index in [1.54, 1.807) is 14.0 Å². The minimum absolute atomic E-state index is 0.146. The molecule has 768 valence electrons. The first-order valence-corrected chi connectivity index (χ1v) is 52.1. The summed E-state index contributed by atoms with van der Waals surface area (Å²) in [6.45, 7) is 39.4. The molecular weight excluding hydrogens is 1870 g/mol. The van der Waals surface area contributed by atoms with Crippen molar-refractivity contribution < 1.29 is 28.5 Å². The van der Waals surface area contributed by atoms with E-state index < -0.39 is 0 Å². The van der Waals surface area contributed by atoms with Gasteiger partial charge in [0.05, 0.1) is 131 Å². The Labute approximate surface area is 871 Å². The van der Waals surface area contributed by atoms with Crippen molar-refractivity contribution in [1.82, 2.24) is 68.6 Å². The van der Waals surface area contributed by atoms with Gasteiger partial charge in [0.1, 0.15) is 23.3 Å². The van der Waals surface area contributed by atoms with Crippen LogP contribution in [0.1, 0.15) is 88.1 Å². The maximum Gasteiger partial charge on any atom is 0.219 e. The maximum absolute atomic E-state index is 11.7. The summed E-state index contributed by atoms with van der Waals surface area (Å²) in [6.07, 6.45) is 7.68. The van der Waals surface area contributed by atoms with Crippen LogP contribution in [0.3, 0.4) is 0 Å². The Balaban J connectivity index is 0.000000125. The third-order valence-electron chi connectivity index (χ3n) is 27.3. The highest BCUT2D eigenvalue weighted by Crippen LogP contribution is 2.34. The number of amides is 1. The number of fused-ring (bicyclic) bond motifs is 4. The third-order valence-corrected chi connectivity index (χ3v) is 27.3. The fourth-order valence-corrected chi connectivity index (χ4v) is 19.4. The van der Waals surface area contributed by atoms with Gasteiger partial charge in [0.2, 0.25) is 5.91 Å². The molecule has 1 amide bonds. The third kappa shape index (κ3) is 26.6. The number of benzene rings is 8. The minimum Gasteiger partial charge on any atom is -0.383 e. The monoisotopic (exact) mass is 2000 g/mol. The van der Waals surface area contributed by atoms with Crippen molar-refractivity contribution in [3.8, 4) is 45.0 Å². The number of aromatic nitrogens is 12. The molecule has 149 heavy (non-hydrogen) atoms. The molecule has 0 atom stereocenters. The number of hydrogen-bond donors (Lipinski definition) is 2. The van der Waals surface area contributed by atoms with Gasteiger partial charge in [-0.25, -0.2) is 19.9 Å². The van der Waals surface area contributed by atoms with E-state index in [0.29, 0.717) is 85.6 Å². The van der Waals surface area contributed by atoms with Crippen molar-refractivity contribution in [2.75, 3.05) is 231 Å². The van der Waals surface area contributed by atoms with Crippen molar-refractivity contribution in [2.24, 2.45) is 20.0 Å². The Morgan fingerprint density at radius 2 is 0.658 bits per heavy atom. The Kier molecular flexibility index (Phi) is 34.2. The largest absolute Gasteiger partial charge is 0.383 e. The molecule has 0 aliphatic carbocycles. The number of nitrogens with one attached hydrogen (secondary N) is 2. The number of aliphatic imine (C=N–C) groups is 4. The molecule has 0 unspecified atom stereocenters. The summed E-state index contributed by atoms with van der Waals surface area (Å²) < 4.78 is 35.3. The number of nitrogens with zero attached hydrogens (tertiary/aromatic N) is 24. The fraction of sp³-hybridized carbons (Fsp3) is 0.342. The Morgan fingerprint density at radius 3 is 0.946 bits per heavy atom. The second kappa shape index (κ2) is 49.8. The standard InChI is InChI=1S/C31H35N7O2.C29H33N7O.C29H34N6O.C28H32N6O2/c1-23-4-3-5-25(18-23)21-32-22-27-19-31(37-14-16-40-17-15-37)38-30(33-27)20-29(34-38)26-6-8-28(9-7-26)36-12-10-35(11-13-36)24(2)39;1-22-3-2-4-23(17-22)20-31-21-25-18-29(35-13-15-37-16-14-35)36-28(32-25)19-27(33-36)24-5-7-26(8-6-24)34-11-9-30-10-12-34;1-4-33(5-2)26-11-9-24(10-12-26)27-19-28-31-25(21-30-20-23-8-6-7-22(3)17-23)18-29(35(28)32-27)34-13-15-36-16-14-34;1-21-4-3-5-22(16-21)19-29-20-25-17-28(33-11-14-36-15-12-33)34-27(31-25)18-26(32-34)23-6-8-24(9-7-23)30-10-13-35-2/h3-9,18-21H,10-17,22H2,1-2H3;2-8,17-20,30H,9-16,21H2,1H3;6-12,17-20H,4-5,13-16,21H2,1-3H3;3-9,16-19,30H,10-15,20H2,1-2H3. The molecule has 8 aromatic carbocycles. The van der Waals surface area contributed by atoms with Crippen molar-refractivity contribution in [1.29, 1.82) is 0 Å². The van der Waals surface area contributed by atoms with Crippen LogP contribution >= 0.6 is 0 Å². The first kappa shape index (κ1) is 102. The second-order valence-corrected chi connectivity index (χ2v) is 38.1. The molecule has 0 spiro atoms. The summed E-state index contributed by atoms with van der Waals surface area (Å²) in [6, 6.07) is 84.3. The lowest BCUT2D eigenvalue weighted by atomic mass is 10.1. The fourth-order valence-electron chi connectivity index (χ4n) is 19.4. The number of rotatable bonds is 29. The summed E-state index contributed by atoms with van der Waals surface area (Å²) in [4.78, 5) is 68.4. The van der Waals surface area contributed by atoms with Gasteiger partial charge in [0.15, 0.2) is 22.6 Å². The first-order valence-electron chi connectivity index (χ1n) is 52.1. The zero-order chi connectivity index (χ0) is 102. The summed E-state index contributed by atoms with van der Waals surface area (Å²) in [7, 11) is 1.70. The van der Waals surface area contributed by atoms with Crippen LogP contribution < -0.4 is 44.9 Å². The molecule has 6 aliphatic heterocycles. The smallest absolute Gasteiger partial charge is 0.219 e. The molecule has 32 nitrogen and oxygen atoms in total. The molecule has 14 heterocycles. The van der Waals surface area contributed by atoms with Gasteiger partial charge in [0.25, 0.3) is 0 Å². The molecule has 0 bridgehead atoms. The zero-order valence-electron chi connectivity index (χ0n) is 86.7. The normalized spacial score (nSPS) is 15.3. The number of hydrogen-bond acceptors (Lipinski definition) is 27. The SMILES string of the molecule is CC(=O)N1CCN(c2ccc(-c3cc4nc(CN=Cc5cccc(C)c5)cc(N5CCOCC5)n4n3)cc2)CC1.CCN(CC)c1ccc(-c2cc3nc(CN=Cc4cccc(C)c4)cc(N4CCOCC4)n3n2)cc1.COCCNc1ccc(-c2cc3nc(CN=Cc4cccc(C)c4)cc(N4CCOCC4)n3n2)cc1.Cc1cccc(C=NCc2cc(N3CCOCC3)n3nc(-c4ccc(N5CCNCC5)cc4)cc3n2)c1. The molecule has 2 N–H and O–H groups in total. The van der Waals surface area contributed by atoms with Crippen LogP contribution in [0.4, 0.5) is 46.0 Å². The van der Waals surface area contributed by atoms with Gasteiger partial charge in [0, 0.05) is 257 Å². The van der Waals surface area contributed by atoms with Crippen molar-refractivity contribution >= 4 is 99.4 Å². The molecule has 0 saturated carbocycles. The van der Waals surface area contributed by atoms with Crippen LogP contribution in [0.25, 0.3) is 67.6 Å². The molecule has 0 radical (unpaired) electrons. The molecule has 22 rings (SSSR count). The number of methoxy groups -OCH3 is 1. The van der Waals surface area contributed by atoms with Crippen molar-refractivity contribution in [3.05, 3.63) is 310 Å². The molecule has 32 heteroatoms. The van der Waals surface area contributed by atoms with E-state index >= 15 is 0 Å². The average molecular weight is 2000 g/mol. The lowest BCUT2D eigenvalue weighted by molar-refractivity contribution is -0.129. The van der Waals surface area contributed by atoms with E-state index in [2.05, 4.69) is 321 Å². The van der Waals surface area contributed by atoms with Gasteiger partial charge >= 0.3 is 0 Å². The number of carbonyl (C=O) groups excluding carboxylic acids is 1. The van der Waals surface area contributed by atoms with Crippen LogP contribution in [-0.2, 0) is 54.7 Å². The highest BCUT2D eigenvalue weighted by atomic mass is 16.5. The summed E-state index contributed by atoms with van der Waals surface area (Å²) >= 11 is 0. The van der Waals surface area contributed by atoms with Crippen LogP contribution in [-0.4, -0.2) is 285 Å². The number of anilines is 8. The van der Waals surface area contributed by atoms with E-state index in [4.69, 9.17) is 74.0 Å². The van der Waals surface area contributed by atoms with Gasteiger partial charge in [-0.05, 0) is 112 Å². The summed E-state index contributed by atoms with van der Waals surface area (Å²) in [5.41, 5.74) is 28.9. The Bertz CT molecular complexity index is 7280. The van der Waals surface area contributed by atoms with E-state index in [9.17, 15) is 4.79 Å². The highest BCUT2D eigenvalue weighted by Gasteiger charge is 2.27. The number of piperazine rings is 2. The number of carbonyl (C=O) groups is 1. The number of ether oxygens (including phenoxy) is 5. The molecule has 6 aliphatic rings. The Morgan fingerprint density at radius 1 is 0.362 bits per heavy atom. The van der Waals surface area contributed by atoms with E-state index in [1.165, 1.54) is 33.6 Å². The molecule has 8 aromatic heterocycles. The van der Waals surface area contributed by atoms with Crippen molar-refractivity contribution in [2.45, 2.75) is 74.6 Å². The number of morpholine rings is 4. The molecule has 16 aromatic rings. The lowest BCUT2D eigenvalue weighted by Gasteiger charge is -2.35. The van der Waals surface area contributed by atoms with Crippen LogP contribution in [0.15, 0.2) is 263 Å². The quantitative estimate of drug-likeness (QED) is 0.0325. The number of aryl methyl sites for hydroxylation is 4. The highest BCUT2D eigenvalue weighted by molar-refractivity contribution is 5.83. The first-order chi connectivity index (χ1) is 73.1. The topological polar surface area (TPSA) is 283 Å². The average Bonchev–Trinajstić information content (AvgIpc) is 1.59. The van der Waals surface area contributed by atoms with Gasteiger partial charge < -0.3 is 73.5 Å². The summed E-state index contributed by atoms with van der Waals surface area (Å²) in [5, 5.41) is 26.6. The molecule has 6 fully saturated rings. The van der Waals surface area contributed by atoms with E-state index in [0.717, 1.165) is 272 Å². The van der Waals surface area contributed by atoms with Gasteiger partial charge in [-0.2, -0.15) is 38.5 Å². The Hall–Kier alpha value is -15.5. The van der Waals surface area contributed by atoms with Gasteiger partial charge in [-0.3, -0.25) is 24.8 Å². The minimum atomic E-state index is 0.146. The lowest BCUT2D eigenvalue weighted by Crippen LogP contribution is -2.48. The van der Waals surface area contributed by atoms with Crippen LogP contribution in [0.5, 0.6) is 0 Å². The predicted molar refractivity (Wildman–Crippen MR) is 599 cm³/mol. The molecular formula is C117H134N26O6. The van der Waals surface area contributed by atoms with Crippen LogP contribution in [0, 0.1) is 27.7 Å². The molecule has 6 saturated heterocycles. The summed E-state index contributed by atoms with van der Waals surface area (Å²) in [5.74, 6) is 4.26. The second-order valence-electron chi connectivity index (χ2n) is 38.1. The van der Waals surface area contributed by atoms with E-state index in [-0.39, 0.29) is 5.91 Å². The van der Waals surface area contributed by atoms with E-state index in [1.807, 2.05) is 66.0 Å². The van der Waals surface area contributed by atoms with Gasteiger partial charge in [-0.15, -0.1) is 0 Å². The zero-order valence-corrected chi connectivity index (χ0v) is 86.7. The van der Waals surface area contributed by atoms with Crippen molar-refractivity contribution in [3.63, 3.8) is 0 Å². The maximum atomic E-state index is 11.7.